The van der Waals surface area contributed by atoms with Crippen LogP contribution < -0.4 is 5.32 Å². The van der Waals surface area contributed by atoms with Crippen LogP contribution in [0.2, 0.25) is 0 Å². The first-order chi connectivity index (χ1) is 15.6. The lowest BCUT2D eigenvalue weighted by atomic mass is 9.73. The molecule has 3 nitrogen and oxygen atoms in total. The van der Waals surface area contributed by atoms with Gasteiger partial charge in [0.05, 0.1) is 5.60 Å². The predicted octanol–water partition coefficient (Wildman–Crippen LogP) is 6.09. The molecule has 32 heavy (non-hydrogen) atoms. The molecule has 2 N–H and O–H groups in total. The molecule has 170 valence electrons. The summed E-state index contributed by atoms with van der Waals surface area (Å²) in [7, 11) is 0. The molecule has 2 aliphatic carbocycles. The Labute approximate surface area is 192 Å². The van der Waals surface area contributed by atoms with E-state index in [0.29, 0.717) is 31.2 Å². The third-order valence-electron chi connectivity index (χ3n) is 8.09. The highest BCUT2D eigenvalue weighted by Gasteiger charge is 2.35. The first-order valence-corrected chi connectivity index (χ1v) is 12.5. The van der Waals surface area contributed by atoms with Crippen LogP contribution in [-0.2, 0) is 4.74 Å². The first kappa shape index (κ1) is 21.9. The van der Waals surface area contributed by atoms with E-state index in [9.17, 15) is 5.11 Å². The van der Waals surface area contributed by atoms with Crippen LogP contribution in [0.15, 0.2) is 66.3 Å². The summed E-state index contributed by atoms with van der Waals surface area (Å²) in [4.78, 5) is 0. The Morgan fingerprint density at radius 1 is 1.06 bits per heavy atom. The minimum absolute atomic E-state index is 0.348. The van der Waals surface area contributed by atoms with Gasteiger partial charge in [0.25, 0.3) is 0 Å². The van der Waals surface area contributed by atoms with Crippen LogP contribution in [0.3, 0.4) is 0 Å². The van der Waals surface area contributed by atoms with E-state index in [1.54, 1.807) is 0 Å². The van der Waals surface area contributed by atoms with E-state index in [0.717, 1.165) is 30.8 Å². The van der Waals surface area contributed by atoms with Gasteiger partial charge in [0, 0.05) is 38.1 Å². The lowest BCUT2D eigenvalue weighted by Crippen LogP contribution is -2.39. The highest BCUT2D eigenvalue weighted by Crippen LogP contribution is 2.39. The maximum atomic E-state index is 11.0. The zero-order chi connectivity index (χ0) is 22.0. The molecule has 3 aliphatic rings. The van der Waals surface area contributed by atoms with Crippen LogP contribution in [0.5, 0.6) is 0 Å². The number of hydrogen-bond acceptors (Lipinski definition) is 3. The summed E-state index contributed by atoms with van der Waals surface area (Å²) < 4.78 is 5.45. The largest absolute Gasteiger partial charge is 0.385 e. The van der Waals surface area contributed by atoms with E-state index in [4.69, 9.17) is 4.74 Å². The van der Waals surface area contributed by atoms with Crippen LogP contribution in [0.25, 0.3) is 10.8 Å². The van der Waals surface area contributed by atoms with Gasteiger partial charge in [0.2, 0.25) is 0 Å². The number of aliphatic hydroxyl groups is 1. The third-order valence-corrected chi connectivity index (χ3v) is 8.09. The zero-order valence-electron chi connectivity index (χ0n) is 19.3. The number of benzene rings is 2. The summed E-state index contributed by atoms with van der Waals surface area (Å²) in [6, 6.07) is 16.3. The highest BCUT2D eigenvalue weighted by atomic mass is 16.5. The fourth-order valence-electron chi connectivity index (χ4n) is 6.17. The van der Waals surface area contributed by atoms with Crippen molar-refractivity contribution >= 4 is 10.8 Å². The molecule has 1 heterocycles. The molecule has 0 radical (unpaired) electrons. The molecule has 0 aromatic heterocycles. The molecule has 1 unspecified atom stereocenters. The first-order valence-electron chi connectivity index (χ1n) is 12.5. The van der Waals surface area contributed by atoms with Gasteiger partial charge in [0.15, 0.2) is 0 Å². The lowest BCUT2D eigenvalue weighted by molar-refractivity contribution is -0.0378. The smallest absolute Gasteiger partial charge is 0.0937 e. The number of rotatable bonds is 5. The van der Waals surface area contributed by atoms with Gasteiger partial charge in [-0.2, -0.15) is 0 Å². The van der Waals surface area contributed by atoms with Gasteiger partial charge in [-0.05, 0) is 66.4 Å². The minimum Gasteiger partial charge on any atom is -0.385 e. The van der Waals surface area contributed by atoms with E-state index in [-0.39, 0.29) is 0 Å². The van der Waals surface area contributed by atoms with Gasteiger partial charge in [-0.15, -0.1) is 0 Å². The normalized spacial score (nSPS) is 28.9. The molecule has 1 saturated heterocycles. The van der Waals surface area contributed by atoms with Crippen molar-refractivity contribution in [3.63, 3.8) is 0 Å². The van der Waals surface area contributed by atoms with Crippen LogP contribution in [0, 0.1) is 11.8 Å². The summed E-state index contributed by atoms with van der Waals surface area (Å²) in [5, 5.41) is 17.7. The SMILES string of the molecule is C[C@@H](N[C@H]1CCC[C@H](C2C=CC(C3(O)CCOCC3)=CC2)C1)c1cccc2ccccc12. The standard InChI is InChI=1S/C29H37NO2/c1-21(27-11-5-7-23-6-2-3-10-28(23)27)30-26-9-4-8-24(20-26)22-12-14-25(15-13-22)29(31)16-18-32-19-17-29/h2-3,5-7,10-12,14-15,21-22,24,26,30-31H,4,8-9,13,16-20H2,1H3/t21-,22?,24+,26+/m1/s1. The molecule has 1 saturated carbocycles. The molecule has 5 rings (SSSR count). The number of allylic oxidation sites excluding steroid dienone is 2. The maximum absolute atomic E-state index is 11.0. The fraction of sp³-hybridized carbons (Fsp3) is 0.517. The average Bonchev–Trinajstić information content (AvgIpc) is 2.84. The van der Waals surface area contributed by atoms with Gasteiger partial charge < -0.3 is 15.2 Å². The summed E-state index contributed by atoms with van der Waals surface area (Å²) in [5.41, 5.74) is 1.84. The van der Waals surface area contributed by atoms with Crippen molar-refractivity contribution in [2.24, 2.45) is 11.8 Å². The van der Waals surface area contributed by atoms with Crippen molar-refractivity contribution in [2.45, 2.75) is 69.6 Å². The Morgan fingerprint density at radius 3 is 2.69 bits per heavy atom. The molecule has 2 aromatic carbocycles. The van der Waals surface area contributed by atoms with E-state index >= 15 is 0 Å². The molecule has 2 aromatic rings. The second kappa shape index (κ2) is 9.51. The Morgan fingerprint density at radius 2 is 1.88 bits per heavy atom. The third kappa shape index (κ3) is 4.57. The zero-order valence-corrected chi connectivity index (χ0v) is 19.3. The maximum Gasteiger partial charge on any atom is 0.0937 e. The number of ether oxygens (including phenoxy) is 1. The van der Waals surface area contributed by atoms with Crippen LogP contribution in [-0.4, -0.2) is 30.0 Å². The van der Waals surface area contributed by atoms with Gasteiger partial charge in [-0.3, -0.25) is 0 Å². The van der Waals surface area contributed by atoms with E-state index in [1.807, 2.05) is 0 Å². The van der Waals surface area contributed by atoms with E-state index < -0.39 is 5.60 Å². The summed E-state index contributed by atoms with van der Waals surface area (Å²) in [6.45, 7) is 3.64. The summed E-state index contributed by atoms with van der Waals surface area (Å²) in [5.74, 6) is 1.32. The topological polar surface area (TPSA) is 41.5 Å². The second-order valence-electron chi connectivity index (χ2n) is 10.1. The Kier molecular flexibility index (Phi) is 6.50. The predicted molar refractivity (Wildman–Crippen MR) is 132 cm³/mol. The molecule has 4 atom stereocenters. The number of nitrogens with one attached hydrogen (secondary N) is 1. The number of fused-ring (bicyclic) bond motifs is 1. The quantitative estimate of drug-likeness (QED) is 0.602. The monoisotopic (exact) mass is 431 g/mol. The van der Waals surface area contributed by atoms with Crippen LogP contribution in [0.1, 0.15) is 63.5 Å². The van der Waals surface area contributed by atoms with Gasteiger partial charge in [-0.1, -0.05) is 67.1 Å². The molecule has 1 aliphatic heterocycles. The van der Waals surface area contributed by atoms with Crippen molar-refractivity contribution in [2.75, 3.05) is 13.2 Å². The van der Waals surface area contributed by atoms with Crippen molar-refractivity contribution in [1.82, 2.24) is 5.32 Å². The van der Waals surface area contributed by atoms with Crippen LogP contribution in [0.4, 0.5) is 0 Å². The van der Waals surface area contributed by atoms with Crippen molar-refractivity contribution in [1.29, 1.82) is 0 Å². The molecular formula is C29H37NO2. The minimum atomic E-state index is -0.676. The Bertz CT molecular complexity index is 982. The molecule has 0 bridgehead atoms. The van der Waals surface area contributed by atoms with Gasteiger partial charge in [-0.25, -0.2) is 0 Å². The van der Waals surface area contributed by atoms with Gasteiger partial charge >= 0.3 is 0 Å². The summed E-state index contributed by atoms with van der Waals surface area (Å²) >= 11 is 0. The molecule has 3 heteroatoms. The Balaban J connectivity index is 1.21. The second-order valence-corrected chi connectivity index (χ2v) is 10.1. The molecule has 0 amide bonds. The van der Waals surface area contributed by atoms with Crippen molar-refractivity contribution in [3.05, 3.63) is 71.8 Å². The highest BCUT2D eigenvalue weighted by molar-refractivity contribution is 5.86. The fourth-order valence-corrected chi connectivity index (χ4v) is 6.17. The van der Waals surface area contributed by atoms with E-state index in [2.05, 4.69) is 72.9 Å². The van der Waals surface area contributed by atoms with Crippen molar-refractivity contribution in [3.8, 4) is 0 Å². The number of hydrogen-bond donors (Lipinski definition) is 2. The molecular weight excluding hydrogens is 394 g/mol. The van der Waals surface area contributed by atoms with Crippen molar-refractivity contribution < 1.29 is 9.84 Å². The average molecular weight is 432 g/mol. The van der Waals surface area contributed by atoms with Gasteiger partial charge in [0.1, 0.15) is 0 Å². The molecule has 0 spiro atoms. The Hall–Kier alpha value is -1.94. The lowest BCUT2D eigenvalue weighted by Gasteiger charge is -2.38. The summed E-state index contributed by atoms with van der Waals surface area (Å²) in [6.07, 6.45) is 14.5. The van der Waals surface area contributed by atoms with E-state index in [1.165, 1.54) is 42.0 Å². The molecule has 2 fully saturated rings. The van der Waals surface area contributed by atoms with Crippen LogP contribution >= 0.6 is 0 Å².